The Balaban J connectivity index is 1.99. The molecule has 0 aliphatic rings. The number of halogens is 4. The van der Waals surface area contributed by atoms with Gasteiger partial charge in [-0.15, -0.1) is 0 Å². The Kier molecular flexibility index (Phi) is 6.20. The predicted molar refractivity (Wildman–Crippen MR) is 104 cm³/mol. The van der Waals surface area contributed by atoms with E-state index in [1.54, 1.807) is 54.6 Å². The van der Waals surface area contributed by atoms with Gasteiger partial charge in [-0.05, 0) is 35.9 Å². The second-order valence-corrected chi connectivity index (χ2v) is 6.51. The van der Waals surface area contributed by atoms with Gasteiger partial charge in [0.25, 0.3) is 0 Å². The third-order valence-corrected chi connectivity index (χ3v) is 4.29. The summed E-state index contributed by atoms with van der Waals surface area (Å²) in [6.07, 6.45) is -4.58. The highest BCUT2D eigenvalue weighted by Crippen LogP contribution is 2.34. The van der Waals surface area contributed by atoms with E-state index in [0.29, 0.717) is 11.1 Å². The van der Waals surface area contributed by atoms with Crippen molar-refractivity contribution in [2.75, 3.05) is 0 Å². The van der Waals surface area contributed by atoms with Crippen LogP contribution in [0.4, 0.5) is 13.2 Å². The van der Waals surface area contributed by atoms with Crippen molar-refractivity contribution in [1.29, 1.82) is 5.26 Å². The molecule has 7 heteroatoms. The first-order chi connectivity index (χ1) is 13.9. The molecule has 146 valence electrons. The van der Waals surface area contributed by atoms with E-state index in [-0.39, 0.29) is 22.9 Å². The SMILES string of the molecule is N#Cc1ccc(CON=C(c2ccccc2)c2cc(Cl)ccc2C(F)(F)F)cc1. The Morgan fingerprint density at radius 1 is 1.00 bits per heavy atom. The van der Waals surface area contributed by atoms with Crippen molar-refractivity contribution in [3.05, 3.63) is 106 Å². The highest BCUT2D eigenvalue weighted by atomic mass is 35.5. The van der Waals surface area contributed by atoms with Crippen LogP contribution < -0.4 is 0 Å². The lowest BCUT2D eigenvalue weighted by atomic mass is 9.97. The maximum Gasteiger partial charge on any atom is 0.417 e. The lowest BCUT2D eigenvalue weighted by molar-refractivity contribution is -0.137. The molecule has 0 unspecified atom stereocenters. The van der Waals surface area contributed by atoms with E-state index in [4.69, 9.17) is 21.7 Å². The molecule has 0 atom stereocenters. The molecular formula is C22H14ClF3N2O. The molecule has 0 saturated heterocycles. The monoisotopic (exact) mass is 414 g/mol. The quantitative estimate of drug-likeness (QED) is 0.368. The topological polar surface area (TPSA) is 45.4 Å². The summed E-state index contributed by atoms with van der Waals surface area (Å²) in [6, 6.07) is 20.4. The third kappa shape index (κ3) is 5.15. The molecule has 0 aromatic heterocycles. The molecule has 0 spiro atoms. The van der Waals surface area contributed by atoms with Gasteiger partial charge in [-0.3, -0.25) is 0 Å². The molecule has 0 heterocycles. The average Bonchev–Trinajstić information content (AvgIpc) is 2.71. The van der Waals surface area contributed by atoms with Crippen LogP contribution in [-0.4, -0.2) is 5.71 Å². The first kappa shape index (κ1) is 20.4. The molecule has 0 amide bonds. The number of nitriles is 1. The molecule has 0 N–H and O–H groups in total. The molecule has 0 aliphatic heterocycles. The van der Waals surface area contributed by atoms with Crippen LogP contribution in [0.1, 0.15) is 27.8 Å². The van der Waals surface area contributed by atoms with Crippen LogP contribution in [0.25, 0.3) is 0 Å². The van der Waals surface area contributed by atoms with E-state index in [9.17, 15) is 13.2 Å². The van der Waals surface area contributed by atoms with Crippen molar-refractivity contribution in [1.82, 2.24) is 0 Å². The summed E-state index contributed by atoms with van der Waals surface area (Å²) in [5, 5.41) is 13.0. The summed E-state index contributed by atoms with van der Waals surface area (Å²) in [6.45, 7) is 0.0317. The fraction of sp³-hybridized carbons (Fsp3) is 0.0909. The molecule has 0 saturated carbocycles. The van der Waals surface area contributed by atoms with Gasteiger partial charge in [0.2, 0.25) is 0 Å². The molecule has 0 fully saturated rings. The number of nitrogens with zero attached hydrogens (tertiary/aromatic N) is 2. The largest absolute Gasteiger partial charge is 0.417 e. The molecular weight excluding hydrogens is 401 g/mol. The molecule has 0 aliphatic carbocycles. The van der Waals surface area contributed by atoms with E-state index < -0.39 is 11.7 Å². The predicted octanol–water partition coefficient (Wildman–Crippen LogP) is 6.20. The second-order valence-electron chi connectivity index (χ2n) is 6.08. The molecule has 3 aromatic rings. The van der Waals surface area contributed by atoms with Gasteiger partial charge in [0.15, 0.2) is 0 Å². The zero-order chi connectivity index (χ0) is 20.9. The van der Waals surface area contributed by atoms with Gasteiger partial charge in [-0.25, -0.2) is 0 Å². The Morgan fingerprint density at radius 2 is 1.69 bits per heavy atom. The number of hydrogen-bond acceptors (Lipinski definition) is 3. The van der Waals surface area contributed by atoms with E-state index in [1.165, 1.54) is 12.1 Å². The molecule has 29 heavy (non-hydrogen) atoms. The summed E-state index contributed by atoms with van der Waals surface area (Å²) < 4.78 is 40.6. The summed E-state index contributed by atoms with van der Waals surface area (Å²) in [5.41, 5.74) is 0.676. The van der Waals surface area contributed by atoms with Crippen LogP contribution in [-0.2, 0) is 17.6 Å². The smallest absolute Gasteiger partial charge is 0.390 e. The van der Waals surface area contributed by atoms with Crippen molar-refractivity contribution in [2.45, 2.75) is 12.8 Å². The Hall–Kier alpha value is -3.30. The van der Waals surface area contributed by atoms with Crippen molar-refractivity contribution >= 4 is 17.3 Å². The van der Waals surface area contributed by atoms with Gasteiger partial charge in [0.1, 0.15) is 12.3 Å². The lowest BCUT2D eigenvalue weighted by Gasteiger charge is -2.15. The highest BCUT2D eigenvalue weighted by Gasteiger charge is 2.35. The number of oxime groups is 1. The third-order valence-electron chi connectivity index (χ3n) is 4.06. The average molecular weight is 415 g/mol. The Bertz CT molecular complexity index is 1060. The zero-order valence-electron chi connectivity index (χ0n) is 14.9. The van der Waals surface area contributed by atoms with Gasteiger partial charge in [-0.2, -0.15) is 18.4 Å². The molecule has 3 nitrogen and oxygen atoms in total. The summed E-state index contributed by atoms with van der Waals surface area (Å²) in [7, 11) is 0. The molecule has 0 radical (unpaired) electrons. The number of rotatable bonds is 5. The lowest BCUT2D eigenvalue weighted by Crippen LogP contribution is -2.15. The Morgan fingerprint density at radius 3 is 2.31 bits per heavy atom. The minimum atomic E-state index is -4.58. The maximum atomic E-state index is 13.5. The minimum Gasteiger partial charge on any atom is -0.390 e. The standard InChI is InChI=1S/C22H14ClF3N2O/c23-18-10-11-20(22(24,25)26)19(12-18)21(17-4-2-1-3-5-17)28-29-14-16-8-6-15(13-27)7-9-16/h1-12H,14H2. The maximum absolute atomic E-state index is 13.5. The van der Waals surface area contributed by atoms with Crippen molar-refractivity contribution in [2.24, 2.45) is 5.16 Å². The fourth-order valence-corrected chi connectivity index (χ4v) is 2.83. The van der Waals surface area contributed by atoms with E-state index in [2.05, 4.69) is 5.16 Å². The van der Waals surface area contributed by atoms with Gasteiger partial charge in [-0.1, -0.05) is 59.2 Å². The number of benzene rings is 3. The van der Waals surface area contributed by atoms with Crippen molar-refractivity contribution < 1.29 is 18.0 Å². The van der Waals surface area contributed by atoms with Crippen LogP contribution >= 0.6 is 11.6 Å². The first-order valence-electron chi connectivity index (χ1n) is 8.50. The second kappa shape index (κ2) is 8.80. The van der Waals surface area contributed by atoms with Gasteiger partial charge in [0.05, 0.1) is 17.2 Å². The van der Waals surface area contributed by atoms with E-state index >= 15 is 0 Å². The van der Waals surface area contributed by atoms with Gasteiger partial charge >= 0.3 is 6.18 Å². The van der Waals surface area contributed by atoms with Crippen molar-refractivity contribution in [3.8, 4) is 6.07 Å². The summed E-state index contributed by atoms with van der Waals surface area (Å²) >= 11 is 5.97. The number of alkyl halides is 3. The number of hydrogen-bond donors (Lipinski definition) is 0. The van der Waals surface area contributed by atoms with Crippen molar-refractivity contribution in [3.63, 3.8) is 0 Å². The molecule has 0 bridgehead atoms. The first-order valence-corrected chi connectivity index (χ1v) is 8.88. The Labute approximate surface area is 170 Å². The van der Waals surface area contributed by atoms with Crippen LogP contribution in [0.2, 0.25) is 5.02 Å². The van der Waals surface area contributed by atoms with Crippen LogP contribution in [0.15, 0.2) is 78.0 Å². The summed E-state index contributed by atoms with van der Waals surface area (Å²) in [4.78, 5) is 5.37. The minimum absolute atomic E-state index is 0.0223. The molecule has 3 aromatic carbocycles. The fourth-order valence-electron chi connectivity index (χ4n) is 2.66. The van der Waals surface area contributed by atoms with Gasteiger partial charge < -0.3 is 4.84 Å². The summed E-state index contributed by atoms with van der Waals surface area (Å²) in [5.74, 6) is 0. The normalized spacial score (nSPS) is 11.8. The van der Waals surface area contributed by atoms with Crippen LogP contribution in [0, 0.1) is 11.3 Å². The van der Waals surface area contributed by atoms with E-state index in [1.807, 2.05) is 6.07 Å². The van der Waals surface area contributed by atoms with E-state index in [0.717, 1.165) is 11.6 Å². The highest BCUT2D eigenvalue weighted by molar-refractivity contribution is 6.31. The van der Waals surface area contributed by atoms with Crippen LogP contribution in [0.5, 0.6) is 0 Å². The van der Waals surface area contributed by atoms with Gasteiger partial charge in [0, 0.05) is 16.1 Å². The van der Waals surface area contributed by atoms with Crippen LogP contribution in [0.3, 0.4) is 0 Å². The zero-order valence-corrected chi connectivity index (χ0v) is 15.7. The molecule has 3 rings (SSSR count).